The molecule has 6 nitrogen and oxygen atoms in total. The summed E-state index contributed by atoms with van der Waals surface area (Å²) in [5.74, 6) is -0.269. The number of aliphatic hydroxyl groups is 1. The lowest BCUT2D eigenvalue weighted by Crippen LogP contribution is -2.38. The van der Waals surface area contributed by atoms with Gasteiger partial charge < -0.3 is 21.5 Å². The van der Waals surface area contributed by atoms with E-state index in [1.807, 2.05) is 16.8 Å². The molecule has 7 heteroatoms. The van der Waals surface area contributed by atoms with E-state index in [4.69, 9.17) is 5.73 Å². The summed E-state index contributed by atoms with van der Waals surface area (Å²) in [6.45, 7) is 2.09. The Bertz CT molecular complexity index is 666. The average Bonchev–Trinajstić information content (AvgIpc) is 3.06. The SMILES string of the molecule is C[C@](O)(CNC(=O)c1ccc(CNC(N)=O)cc1)c1ccsc1. The van der Waals surface area contributed by atoms with Crippen LogP contribution in [-0.4, -0.2) is 23.6 Å². The van der Waals surface area contributed by atoms with Gasteiger partial charge in [0.15, 0.2) is 0 Å². The molecular weight excluding hydrogens is 314 g/mol. The first-order chi connectivity index (χ1) is 10.9. The van der Waals surface area contributed by atoms with Gasteiger partial charge in [-0.3, -0.25) is 4.79 Å². The Hall–Kier alpha value is -2.38. The van der Waals surface area contributed by atoms with Gasteiger partial charge in [-0.15, -0.1) is 0 Å². The van der Waals surface area contributed by atoms with Crippen LogP contribution >= 0.6 is 11.3 Å². The summed E-state index contributed by atoms with van der Waals surface area (Å²) in [5, 5.41) is 19.3. The molecule has 0 bridgehead atoms. The van der Waals surface area contributed by atoms with Crippen molar-refractivity contribution in [3.8, 4) is 0 Å². The maximum absolute atomic E-state index is 12.1. The number of hydrogen-bond acceptors (Lipinski definition) is 4. The number of urea groups is 1. The maximum Gasteiger partial charge on any atom is 0.312 e. The Kier molecular flexibility index (Phi) is 5.36. The van der Waals surface area contributed by atoms with Crippen LogP contribution in [0.25, 0.3) is 0 Å². The largest absolute Gasteiger partial charge is 0.384 e. The molecule has 2 aromatic rings. The molecule has 0 radical (unpaired) electrons. The minimum absolute atomic E-state index is 0.119. The van der Waals surface area contributed by atoms with E-state index in [-0.39, 0.29) is 12.5 Å². The summed E-state index contributed by atoms with van der Waals surface area (Å²) in [4.78, 5) is 22.8. The van der Waals surface area contributed by atoms with Crippen LogP contribution in [0.4, 0.5) is 4.79 Å². The third-order valence-corrected chi connectivity index (χ3v) is 4.10. The first-order valence-electron chi connectivity index (χ1n) is 7.04. The molecule has 2 rings (SSSR count). The zero-order valence-electron chi connectivity index (χ0n) is 12.7. The minimum Gasteiger partial charge on any atom is -0.384 e. The fourth-order valence-electron chi connectivity index (χ4n) is 1.99. The quantitative estimate of drug-likeness (QED) is 0.644. The molecule has 1 aromatic carbocycles. The summed E-state index contributed by atoms with van der Waals surface area (Å²) >= 11 is 1.49. The lowest BCUT2D eigenvalue weighted by molar-refractivity contribution is 0.0530. The summed E-state index contributed by atoms with van der Waals surface area (Å²) in [6, 6.07) is 8.03. The normalized spacial score (nSPS) is 13.1. The average molecular weight is 333 g/mol. The number of benzene rings is 1. The fraction of sp³-hybridized carbons (Fsp3) is 0.250. The van der Waals surface area contributed by atoms with Crippen LogP contribution in [0.5, 0.6) is 0 Å². The van der Waals surface area contributed by atoms with E-state index in [0.29, 0.717) is 12.1 Å². The highest BCUT2D eigenvalue weighted by molar-refractivity contribution is 7.08. The number of amides is 3. The van der Waals surface area contributed by atoms with Gasteiger partial charge in [0.05, 0.1) is 6.54 Å². The molecule has 5 N–H and O–H groups in total. The zero-order chi connectivity index (χ0) is 16.9. The van der Waals surface area contributed by atoms with Gasteiger partial charge in [-0.05, 0) is 47.0 Å². The van der Waals surface area contributed by atoms with E-state index in [2.05, 4.69) is 10.6 Å². The highest BCUT2D eigenvalue weighted by Crippen LogP contribution is 2.22. The Balaban J connectivity index is 1.92. The van der Waals surface area contributed by atoms with Crippen LogP contribution in [0.15, 0.2) is 41.1 Å². The topological polar surface area (TPSA) is 104 Å². The van der Waals surface area contributed by atoms with E-state index in [1.54, 1.807) is 31.2 Å². The van der Waals surface area contributed by atoms with E-state index >= 15 is 0 Å². The van der Waals surface area contributed by atoms with E-state index in [9.17, 15) is 14.7 Å². The van der Waals surface area contributed by atoms with Gasteiger partial charge in [-0.2, -0.15) is 11.3 Å². The zero-order valence-corrected chi connectivity index (χ0v) is 13.5. The molecule has 0 aliphatic heterocycles. The van der Waals surface area contributed by atoms with Crippen LogP contribution < -0.4 is 16.4 Å². The predicted molar refractivity (Wildman–Crippen MR) is 89.1 cm³/mol. The number of rotatable bonds is 6. The molecule has 1 aromatic heterocycles. The maximum atomic E-state index is 12.1. The van der Waals surface area contributed by atoms with Crippen molar-refractivity contribution in [2.75, 3.05) is 6.54 Å². The molecule has 122 valence electrons. The first-order valence-corrected chi connectivity index (χ1v) is 7.98. The van der Waals surface area contributed by atoms with Gasteiger partial charge >= 0.3 is 6.03 Å². The Morgan fingerprint density at radius 2 is 1.91 bits per heavy atom. The van der Waals surface area contributed by atoms with Crippen molar-refractivity contribution >= 4 is 23.3 Å². The lowest BCUT2D eigenvalue weighted by atomic mass is 9.99. The molecule has 23 heavy (non-hydrogen) atoms. The van der Waals surface area contributed by atoms with Crippen molar-refractivity contribution in [1.82, 2.24) is 10.6 Å². The lowest BCUT2D eigenvalue weighted by Gasteiger charge is -2.22. The van der Waals surface area contributed by atoms with E-state index in [1.165, 1.54) is 11.3 Å². The van der Waals surface area contributed by atoms with Crippen molar-refractivity contribution in [2.24, 2.45) is 5.73 Å². The Labute approximate surface area is 138 Å². The van der Waals surface area contributed by atoms with Gasteiger partial charge in [0, 0.05) is 12.1 Å². The molecule has 0 saturated heterocycles. The summed E-state index contributed by atoms with van der Waals surface area (Å²) in [7, 11) is 0. The number of carbonyl (C=O) groups excluding carboxylic acids is 2. The van der Waals surface area contributed by atoms with Crippen LogP contribution in [0.1, 0.15) is 28.4 Å². The fourth-order valence-corrected chi connectivity index (χ4v) is 2.77. The van der Waals surface area contributed by atoms with Crippen LogP contribution in [0.3, 0.4) is 0 Å². The number of thiophene rings is 1. The summed E-state index contributed by atoms with van der Waals surface area (Å²) < 4.78 is 0. The summed E-state index contributed by atoms with van der Waals surface area (Å²) in [5.41, 5.74) is 5.98. The third kappa shape index (κ3) is 4.80. The van der Waals surface area contributed by atoms with Gasteiger partial charge in [-0.1, -0.05) is 12.1 Å². The van der Waals surface area contributed by atoms with E-state index in [0.717, 1.165) is 11.1 Å². The number of nitrogens with two attached hydrogens (primary N) is 1. The number of nitrogens with one attached hydrogen (secondary N) is 2. The molecule has 1 heterocycles. The van der Waals surface area contributed by atoms with Gasteiger partial charge in [0.1, 0.15) is 5.60 Å². The van der Waals surface area contributed by atoms with Crippen molar-refractivity contribution in [1.29, 1.82) is 0 Å². The smallest absolute Gasteiger partial charge is 0.312 e. The number of hydrogen-bond donors (Lipinski definition) is 4. The monoisotopic (exact) mass is 333 g/mol. The van der Waals surface area contributed by atoms with Crippen LogP contribution in [0.2, 0.25) is 0 Å². The molecule has 0 aliphatic rings. The molecule has 0 unspecified atom stereocenters. The molecular formula is C16H19N3O3S. The second kappa shape index (κ2) is 7.26. The Morgan fingerprint density at radius 1 is 1.22 bits per heavy atom. The standard InChI is InChI=1S/C16H19N3O3S/c1-16(22,13-6-7-23-9-13)10-19-14(20)12-4-2-11(3-5-12)8-18-15(17)21/h2-7,9,22H,8,10H2,1H3,(H,19,20)(H3,17,18,21)/t16-/m0/s1. The van der Waals surface area contributed by atoms with Gasteiger partial charge in [0.25, 0.3) is 5.91 Å². The molecule has 0 spiro atoms. The second-order valence-corrected chi connectivity index (χ2v) is 6.16. The van der Waals surface area contributed by atoms with Crippen LogP contribution in [0, 0.1) is 0 Å². The highest BCUT2D eigenvalue weighted by atomic mass is 32.1. The second-order valence-electron chi connectivity index (χ2n) is 5.38. The van der Waals surface area contributed by atoms with Gasteiger partial charge in [-0.25, -0.2) is 4.79 Å². The Morgan fingerprint density at radius 3 is 2.48 bits per heavy atom. The van der Waals surface area contributed by atoms with Crippen molar-refractivity contribution in [3.05, 3.63) is 57.8 Å². The predicted octanol–water partition coefficient (Wildman–Crippen LogP) is 1.55. The number of primary amides is 1. The van der Waals surface area contributed by atoms with Crippen molar-refractivity contribution in [3.63, 3.8) is 0 Å². The van der Waals surface area contributed by atoms with Crippen molar-refractivity contribution in [2.45, 2.75) is 19.1 Å². The minimum atomic E-state index is -1.11. The van der Waals surface area contributed by atoms with Crippen molar-refractivity contribution < 1.29 is 14.7 Å². The molecule has 1 atom stereocenters. The van der Waals surface area contributed by atoms with Crippen LogP contribution in [-0.2, 0) is 12.1 Å². The third-order valence-electron chi connectivity index (χ3n) is 3.42. The first kappa shape index (κ1) is 17.0. The highest BCUT2D eigenvalue weighted by Gasteiger charge is 2.24. The number of carbonyl (C=O) groups is 2. The van der Waals surface area contributed by atoms with Gasteiger partial charge in [0.2, 0.25) is 0 Å². The molecule has 3 amide bonds. The molecule has 0 aliphatic carbocycles. The summed E-state index contributed by atoms with van der Waals surface area (Å²) in [6.07, 6.45) is 0. The molecule has 0 fully saturated rings. The van der Waals surface area contributed by atoms with E-state index < -0.39 is 11.6 Å². The molecule has 0 saturated carbocycles.